The lowest BCUT2D eigenvalue weighted by atomic mass is 10.1. The second-order valence-electron chi connectivity index (χ2n) is 4.54. The third kappa shape index (κ3) is 6.18. The molecular formula is C11H22BrNO3S. The molecule has 0 amide bonds. The van der Waals surface area contributed by atoms with Crippen molar-refractivity contribution in [1.82, 2.24) is 4.72 Å². The summed E-state index contributed by atoms with van der Waals surface area (Å²) in [6.45, 7) is 0.489. The summed E-state index contributed by atoms with van der Waals surface area (Å²) < 4.78 is 31.4. The van der Waals surface area contributed by atoms with Crippen molar-refractivity contribution in [3.05, 3.63) is 0 Å². The summed E-state index contributed by atoms with van der Waals surface area (Å²) in [7, 11) is -1.58. The van der Waals surface area contributed by atoms with Crippen LogP contribution in [0.3, 0.4) is 0 Å². The molecule has 0 heterocycles. The van der Waals surface area contributed by atoms with Gasteiger partial charge < -0.3 is 4.74 Å². The van der Waals surface area contributed by atoms with Crippen molar-refractivity contribution < 1.29 is 13.2 Å². The van der Waals surface area contributed by atoms with Gasteiger partial charge in [0, 0.05) is 24.6 Å². The molecule has 0 aliphatic heterocycles. The summed E-state index contributed by atoms with van der Waals surface area (Å²) in [6.07, 6.45) is 6.01. The van der Waals surface area contributed by atoms with E-state index in [0.29, 0.717) is 13.0 Å². The number of sulfonamides is 1. The number of rotatable bonds is 6. The molecule has 6 heteroatoms. The van der Waals surface area contributed by atoms with Crippen LogP contribution in [0.15, 0.2) is 0 Å². The molecule has 102 valence electrons. The zero-order chi connectivity index (χ0) is 12.7. The van der Waals surface area contributed by atoms with Gasteiger partial charge in [-0.25, -0.2) is 13.1 Å². The van der Waals surface area contributed by atoms with Gasteiger partial charge in [0.1, 0.15) is 0 Å². The molecule has 2 atom stereocenters. The van der Waals surface area contributed by atoms with Crippen LogP contribution < -0.4 is 4.72 Å². The third-order valence-corrected chi connectivity index (χ3v) is 5.61. The number of ether oxygens (including phenoxy) is 1. The van der Waals surface area contributed by atoms with E-state index in [0.717, 1.165) is 19.3 Å². The first-order valence-corrected chi connectivity index (χ1v) is 8.75. The first kappa shape index (κ1) is 15.4. The van der Waals surface area contributed by atoms with Crippen LogP contribution in [0.25, 0.3) is 0 Å². The zero-order valence-corrected chi connectivity index (χ0v) is 12.7. The minimum absolute atomic E-state index is 0.0463. The summed E-state index contributed by atoms with van der Waals surface area (Å²) in [6, 6.07) is 0.0463. The minimum atomic E-state index is -3.16. The molecular weight excluding hydrogens is 306 g/mol. The van der Waals surface area contributed by atoms with E-state index < -0.39 is 10.0 Å². The average molecular weight is 328 g/mol. The number of hydrogen-bond donors (Lipinski definition) is 1. The summed E-state index contributed by atoms with van der Waals surface area (Å²) in [5, 5.41) is 0. The molecule has 0 aromatic rings. The lowest BCUT2D eigenvalue weighted by Gasteiger charge is -2.21. The van der Waals surface area contributed by atoms with E-state index in [1.807, 2.05) is 0 Å². The van der Waals surface area contributed by atoms with Crippen molar-refractivity contribution in [2.24, 2.45) is 0 Å². The number of hydrogen-bond acceptors (Lipinski definition) is 3. The summed E-state index contributed by atoms with van der Waals surface area (Å²) in [5.74, 6) is 0.150. The quantitative estimate of drug-likeness (QED) is 0.461. The maximum Gasteiger partial charge on any atom is 0.211 e. The molecule has 1 N–H and O–H groups in total. The van der Waals surface area contributed by atoms with E-state index in [1.165, 1.54) is 12.8 Å². The van der Waals surface area contributed by atoms with Gasteiger partial charge >= 0.3 is 0 Å². The van der Waals surface area contributed by atoms with Crippen molar-refractivity contribution >= 4 is 26.0 Å². The molecule has 1 aliphatic carbocycles. The van der Waals surface area contributed by atoms with E-state index in [-0.39, 0.29) is 16.6 Å². The predicted molar refractivity (Wildman–Crippen MR) is 73.0 cm³/mol. The van der Waals surface area contributed by atoms with Gasteiger partial charge in [0.05, 0.1) is 5.75 Å². The first-order chi connectivity index (χ1) is 8.05. The van der Waals surface area contributed by atoms with Crippen molar-refractivity contribution in [2.45, 2.75) is 49.4 Å². The Morgan fingerprint density at radius 3 is 2.71 bits per heavy atom. The highest BCUT2D eigenvalue weighted by Gasteiger charge is 2.25. The molecule has 0 bridgehead atoms. The maximum absolute atomic E-state index is 11.8. The largest absolute Gasteiger partial charge is 0.385 e. The van der Waals surface area contributed by atoms with E-state index in [9.17, 15) is 8.42 Å². The summed E-state index contributed by atoms with van der Waals surface area (Å²) in [4.78, 5) is 0.266. The molecule has 17 heavy (non-hydrogen) atoms. The highest BCUT2D eigenvalue weighted by Crippen LogP contribution is 2.24. The summed E-state index contributed by atoms with van der Waals surface area (Å²) in [5.41, 5.74) is 0. The van der Waals surface area contributed by atoms with Crippen LogP contribution in [0.1, 0.15) is 38.5 Å². The fourth-order valence-electron chi connectivity index (χ4n) is 2.08. The van der Waals surface area contributed by atoms with Crippen LogP contribution in [-0.2, 0) is 14.8 Å². The standard InChI is InChI=1S/C11H22BrNO3S/c1-16-8-5-9-17(14,15)13-11-7-4-2-3-6-10(11)12/h10-11,13H,2-9H2,1H3. The lowest BCUT2D eigenvalue weighted by molar-refractivity contribution is 0.199. The first-order valence-electron chi connectivity index (χ1n) is 6.18. The molecule has 0 spiro atoms. The lowest BCUT2D eigenvalue weighted by Crippen LogP contribution is -2.41. The second kappa shape index (κ2) is 7.71. The van der Waals surface area contributed by atoms with Crippen LogP contribution >= 0.6 is 15.9 Å². The molecule has 1 aliphatic rings. The van der Waals surface area contributed by atoms with Crippen molar-refractivity contribution in [3.63, 3.8) is 0 Å². The molecule has 1 saturated carbocycles. The van der Waals surface area contributed by atoms with Gasteiger partial charge in [0.25, 0.3) is 0 Å². The summed E-state index contributed by atoms with van der Waals surface area (Å²) >= 11 is 3.59. The van der Waals surface area contributed by atoms with Crippen LogP contribution in [0.5, 0.6) is 0 Å². The molecule has 2 unspecified atom stereocenters. The SMILES string of the molecule is COCCCS(=O)(=O)NC1CCCCCC1Br. The van der Waals surface area contributed by atoms with Crippen LogP contribution in [-0.4, -0.2) is 38.8 Å². The molecule has 4 nitrogen and oxygen atoms in total. The fourth-order valence-corrected chi connectivity index (χ4v) is 4.33. The molecule has 0 aromatic heterocycles. The zero-order valence-electron chi connectivity index (χ0n) is 10.3. The number of nitrogens with one attached hydrogen (secondary N) is 1. The Bertz CT molecular complexity index is 308. The molecule has 0 radical (unpaired) electrons. The van der Waals surface area contributed by atoms with Crippen molar-refractivity contribution in [1.29, 1.82) is 0 Å². The van der Waals surface area contributed by atoms with Gasteiger partial charge in [0.15, 0.2) is 0 Å². The predicted octanol–water partition coefficient (Wildman–Crippen LogP) is 2.04. The topological polar surface area (TPSA) is 55.4 Å². The van der Waals surface area contributed by atoms with E-state index in [4.69, 9.17) is 4.74 Å². The Kier molecular flexibility index (Phi) is 6.99. The van der Waals surface area contributed by atoms with Crippen molar-refractivity contribution in [3.8, 4) is 0 Å². The van der Waals surface area contributed by atoms with Gasteiger partial charge in [0.2, 0.25) is 10.0 Å². The number of alkyl halides is 1. The highest BCUT2D eigenvalue weighted by molar-refractivity contribution is 9.09. The van der Waals surface area contributed by atoms with Crippen molar-refractivity contribution in [2.75, 3.05) is 19.5 Å². The van der Waals surface area contributed by atoms with Crippen LogP contribution in [0, 0.1) is 0 Å². The molecule has 1 fully saturated rings. The van der Waals surface area contributed by atoms with E-state index in [2.05, 4.69) is 20.7 Å². The normalized spacial score (nSPS) is 26.7. The maximum atomic E-state index is 11.8. The Morgan fingerprint density at radius 1 is 1.29 bits per heavy atom. The smallest absolute Gasteiger partial charge is 0.211 e. The Hall–Kier alpha value is 0.350. The number of halogens is 1. The Balaban J connectivity index is 2.44. The Morgan fingerprint density at radius 2 is 2.00 bits per heavy atom. The van der Waals surface area contributed by atoms with Gasteiger partial charge in [-0.15, -0.1) is 0 Å². The van der Waals surface area contributed by atoms with Gasteiger partial charge in [-0.1, -0.05) is 35.2 Å². The Labute approximate surface area is 113 Å². The van der Waals surface area contributed by atoms with Gasteiger partial charge in [-0.05, 0) is 19.3 Å². The third-order valence-electron chi connectivity index (χ3n) is 3.02. The molecule has 0 saturated heterocycles. The fraction of sp³-hybridized carbons (Fsp3) is 1.00. The van der Waals surface area contributed by atoms with Crippen LogP contribution in [0.2, 0.25) is 0 Å². The number of methoxy groups -OCH3 is 1. The van der Waals surface area contributed by atoms with Gasteiger partial charge in [-0.2, -0.15) is 0 Å². The molecule has 1 rings (SSSR count). The average Bonchev–Trinajstić information content (AvgIpc) is 2.44. The monoisotopic (exact) mass is 327 g/mol. The van der Waals surface area contributed by atoms with E-state index in [1.54, 1.807) is 7.11 Å². The minimum Gasteiger partial charge on any atom is -0.385 e. The highest BCUT2D eigenvalue weighted by atomic mass is 79.9. The second-order valence-corrected chi connectivity index (χ2v) is 7.59. The molecule has 0 aromatic carbocycles. The van der Waals surface area contributed by atoms with Crippen LogP contribution in [0.4, 0.5) is 0 Å². The van der Waals surface area contributed by atoms with E-state index >= 15 is 0 Å². The van der Waals surface area contributed by atoms with Gasteiger partial charge in [-0.3, -0.25) is 0 Å².